The van der Waals surface area contributed by atoms with Gasteiger partial charge in [-0.25, -0.2) is 15.2 Å². The normalized spacial score (nSPS) is 11.6. The summed E-state index contributed by atoms with van der Waals surface area (Å²) in [4.78, 5) is 39.9. The molecule has 0 aliphatic carbocycles. The van der Waals surface area contributed by atoms with Crippen molar-refractivity contribution in [2.45, 2.75) is 33.3 Å². The molecule has 10 nitrogen and oxygen atoms in total. The molecule has 0 saturated carbocycles. The number of carbonyl (C=O) groups is 3. The number of ether oxygens (including phenoxy) is 1. The molecule has 2 aromatic heterocycles. The Morgan fingerprint density at radius 2 is 1.87 bits per heavy atom. The molecule has 2 rings (SSSR count). The molecule has 0 fully saturated rings. The average molecular weight is 435 g/mol. The van der Waals surface area contributed by atoms with Gasteiger partial charge in [0.15, 0.2) is 0 Å². The van der Waals surface area contributed by atoms with Crippen LogP contribution >= 0.6 is 11.6 Å². The van der Waals surface area contributed by atoms with Gasteiger partial charge in [0.1, 0.15) is 10.8 Å². The molecule has 3 amide bonds. The molecule has 0 aliphatic rings. The second-order valence-electron chi connectivity index (χ2n) is 7.23. The zero-order chi connectivity index (χ0) is 22.5. The van der Waals surface area contributed by atoms with Gasteiger partial charge < -0.3 is 10.1 Å². The fraction of sp³-hybridized carbons (Fsp3) is 0.316. The molecular weight excluding hydrogens is 412 g/mol. The topological polar surface area (TPSA) is 127 Å². The van der Waals surface area contributed by atoms with Crippen LogP contribution in [0.15, 0.2) is 30.6 Å². The lowest BCUT2D eigenvalue weighted by Gasteiger charge is -2.19. The first kappa shape index (κ1) is 22.9. The second-order valence-corrected chi connectivity index (χ2v) is 7.61. The fourth-order valence-electron chi connectivity index (χ4n) is 2.28. The van der Waals surface area contributed by atoms with Gasteiger partial charge in [-0.15, -0.1) is 0 Å². The summed E-state index contributed by atoms with van der Waals surface area (Å²) in [7, 11) is 1.77. The van der Waals surface area contributed by atoms with E-state index in [2.05, 4.69) is 15.4 Å². The zero-order valence-electron chi connectivity index (χ0n) is 17.2. The van der Waals surface area contributed by atoms with Crippen molar-refractivity contribution in [3.63, 3.8) is 0 Å². The van der Waals surface area contributed by atoms with Crippen molar-refractivity contribution in [1.29, 1.82) is 0 Å². The van der Waals surface area contributed by atoms with E-state index in [4.69, 9.17) is 16.3 Å². The Morgan fingerprint density at radius 1 is 1.17 bits per heavy atom. The maximum atomic E-state index is 12.1. The van der Waals surface area contributed by atoms with Crippen LogP contribution in [-0.2, 0) is 21.4 Å². The van der Waals surface area contributed by atoms with Crippen molar-refractivity contribution in [3.05, 3.63) is 52.7 Å². The van der Waals surface area contributed by atoms with E-state index in [1.807, 2.05) is 17.8 Å². The molecule has 0 aliphatic heterocycles. The van der Waals surface area contributed by atoms with E-state index < -0.39 is 23.5 Å². The van der Waals surface area contributed by atoms with Crippen molar-refractivity contribution in [3.8, 4) is 0 Å². The van der Waals surface area contributed by atoms with Gasteiger partial charge >= 0.3 is 17.9 Å². The summed E-state index contributed by atoms with van der Waals surface area (Å²) in [6.07, 6.45) is 2.05. The number of hydrogen-bond donors (Lipinski definition) is 3. The lowest BCUT2D eigenvalue weighted by molar-refractivity contribution is -0.139. The number of hydrazine groups is 1. The Balaban J connectivity index is 2.15. The number of nitrogens with zero attached hydrogens (tertiary/aromatic N) is 3. The maximum Gasteiger partial charge on any atom is 0.426 e. The first-order chi connectivity index (χ1) is 14.0. The Labute approximate surface area is 178 Å². The Bertz CT molecular complexity index is 993. The minimum atomic E-state index is -1.08. The summed E-state index contributed by atoms with van der Waals surface area (Å²) in [5, 5.41) is 6.84. The van der Waals surface area contributed by atoms with Gasteiger partial charge in [0, 0.05) is 30.1 Å². The van der Waals surface area contributed by atoms with E-state index in [0.717, 1.165) is 5.69 Å². The van der Waals surface area contributed by atoms with Crippen LogP contribution in [0.5, 0.6) is 0 Å². The minimum Gasteiger partial charge on any atom is -0.443 e. The number of carbonyl (C=O) groups excluding carboxylic acids is 3. The van der Waals surface area contributed by atoms with Crippen LogP contribution in [0.3, 0.4) is 0 Å². The van der Waals surface area contributed by atoms with Crippen molar-refractivity contribution in [1.82, 2.24) is 30.9 Å². The monoisotopic (exact) mass is 434 g/mol. The van der Waals surface area contributed by atoms with E-state index in [1.165, 1.54) is 6.20 Å². The van der Waals surface area contributed by atoms with Crippen molar-refractivity contribution >= 4 is 35.1 Å². The van der Waals surface area contributed by atoms with Crippen LogP contribution in [0.2, 0.25) is 5.15 Å². The highest BCUT2D eigenvalue weighted by Gasteiger charge is 2.19. The number of halogens is 1. The smallest absolute Gasteiger partial charge is 0.426 e. The molecule has 2 heterocycles. The van der Waals surface area contributed by atoms with E-state index in [0.29, 0.717) is 16.8 Å². The number of hydrogen-bond acceptors (Lipinski definition) is 6. The predicted octanol–water partition coefficient (Wildman–Crippen LogP) is 1.84. The number of aromatic nitrogens is 3. The van der Waals surface area contributed by atoms with E-state index in [9.17, 15) is 14.4 Å². The van der Waals surface area contributed by atoms with Gasteiger partial charge in [0.2, 0.25) is 0 Å². The van der Waals surface area contributed by atoms with Crippen LogP contribution in [-0.4, -0.2) is 38.3 Å². The summed E-state index contributed by atoms with van der Waals surface area (Å²) in [5.74, 6) is -2.09. The van der Waals surface area contributed by atoms with Crippen LogP contribution in [0.4, 0.5) is 4.79 Å². The molecule has 2 aromatic rings. The average Bonchev–Trinajstić information content (AvgIpc) is 2.97. The molecule has 3 N–H and O–H groups in total. The van der Waals surface area contributed by atoms with Gasteiger partial charge in [-0.3, -0.25) is 19.7 Å². The van der Waals surface area contributed by atoms with Crippen LogP contribution in [0.1, 0.15) is 37.7 Å². The second kappa shape index (κ2) is 9.40. The van der Waals surface area contributed by atoms with Crippen LogP contribution in [0, 0.1) is 6.92 Å². The largest absolute Gasteiger partial charge is 0.443 e. The SMILES string of the molecule is Cc1c(/C(=C/NC(=O)C(=O)NNC(=O)OC(C)(C)C)c2cccc(Cl)n2)cnn1C. The number of amides is 3. The number of rotatable bonds is 3. The third-order valence-electron chi connectivity index (χ3n) is 3.75. The molecule has 0 spiro atoms. The number of nitrogens with one attached hydrogen (secondary N) is 3. The number of aryl methyl sites for hydroxylation is 1. The van der Waals surface area contributed by atoms with Crippen LogP contribution in [0.25, 0.3) is 5.57 Å². The third kappa shape index (κ3) is 6.31. The summed E-state index contributed by atoms with van der Waals surface area (Å²) in [5.41, 5.74) is 5.72. The summed E-state index contributed by atoms with van der Waals surface area (Å²) >= 11 is 5.99. The summed E-state index contributed by atoms with van der Waals surface area (Å²) in [6.45, 7) is 6.84. The Morgan fingerprint density at radius 3 is 2.43 bits per heavy atom. The van der Waals surface area contributed by atoms with Crippen molar-refractivity contribution in [2.75, 3.05) is 0 Å². The zero-order valence-corrected chi connectivity index (χ0v) is 18.0. The maximum absolute atomic E-state index is 12.1. The molecular formula is C19H23ClN6O4. The molecule has 0 bridgehead atoms. The highest BCUT2D eigenvalue weighted by molar-refractivity contribution is 6.35. The van der Waals surface area contributed by atoms with Crippen molar-refractivity contribution < 1.29 is 19.1 Å². The molecule has 11 heteroatoms. The first-order valence-electron chi connectivity index (χ1n) is 8.90. The molecule has 0 radical (unpaired) electrons. The molecule has 160 valence electrons. The first-order valence-corrected chi connectivity index (χ1v) is 9.27. The Hall–Kier alpha value is -3.40. The molecule has 0 saturated heterocycles. The van der Waals surface area contributed by atoms with Gasteiger partial charge in [0.25, 0.3) is 0 Å². The highest BCUT2D eigenvalue weighted by Crippen LogP contribution is 2.24. The Kier molecular flexibility index (Phi) is 7.17. The third-order valence-corrected chi connectivity index (χ3v) is 3.96. The minimum absolute atomic E-state index is 0.269. The highest BCUT2D eigenvalue weighted by atomic mass is 35.5. The van der Waals surface area contributed by atoms with Gasteiger partial charge in [-0.1, -0.05) is 17.7 Å². The fourth-order valence-corrected chi connectivity index (χ4v) is 2.45. The molecule has 0 unspecified atom stereocenters. The van der Waals surface area contributed by atoms with Crippen LogP contribution < -0.4 is 16.2 Å². The van der Waals surface area contributed by atoms with E-state index >= 15 is 0 Å². The van der Waals surface area contributed by atoms with E-state index in [1.54, 1.807) is 56.9 Å². The predicted molar refractivity (Wildman–Crippen MR) is 110 cm³/mol. The van der Waals surface area contributed by atoms with Crippen molar-refractivity contribution in [2.24, 2.45) is 7.05 Å². The summed E-state index contributed by atoms with van der Waals surface area (Å²) < 4.78 is 6.63. The summed E-state index contributed by atoms with van der Waals surface area (Å²) in [6, 6.07) is 5.04. The lowest BCUT2D eigenvalue weighted by Crippen LogP contribution is -2.49. The van der Waals surface area contributed by atoms with Gasteiger partial charge in [-0.05, 0) is 39.8 Å². The quantitative estimate of drug-likeness (QED) is 0.384. The lowest BCUT2D eigenvalue weighted by atomic mass is 10.0. The number of pyridine rings is 1. The van der Waals surface area contributed by atoms with Gasteiger partial charge in [-0.2, -0.15) is 5.10 Å². The molecule has 0 aromatic carbocycles. The standard InChI is InChI=1S/C19H23ClN6O4/c1-11-12(10-22-26(11)5)13(14-7-6-8-15(20)23-14)9-21-16(27)17(28)24-25-18(29)30-19(2,3)4/h6-10H,1-5H3,(H,21,27)(H,24,28)(H,25,29)/b13-9-. The van der Waals surface area contributed by atoms with E-state index in [-0.39, 0.29) is 5.15 Å². The van der Waals surface area contributed by atoms with Gasteiger partial charge in [0.05, 0.1) is 11.9 Å². The molecule has 30 heavy (non-hydrogen) atoms. The molecule has 0 atom stereocenters.